The highest BCUT2D eigenvalue weighted by Crippen LogP contribution is 2.32. The minimum absolute atomic E-state index is 0.0259. The molecule has 0 bridgehead atoms. The summed E-state index contributed by atoms with van der Waals surface area (Å²) in [6.45, 7) is 1.92. The molecule has 1 aromatic rings. The summed E-state index contributed by atoms with van der Waals surface area (Å²) in [6.07, 6.45) is 1.85. The largest absolute Gasteiger partial charge is 0.486 e. The second-order valence-corrected chi connectivity index (χ2v) is 6.56. The van der Waals surface area contributed by atoms with Gasteiger partial charge in [0.2, 0.25) is 10.0 Å². The molecule has 0 aromatic heterocycles. The smallest absolute Gasteiger partial charge is 0.240 e. The van der Waals surface area contributed by atoms with Crippen LogP contribution in [0.4, 0.5) is 0 Å². The maximum absolute atomic E-state index is 12.2. The van der Waals surface area contributed by atoms with Gasteiger partial charge in [0.05, 0.1) is 11.0 Å². The molecule has 2 heterocycles. The number of ether oxygens (including phenoxy) is 3. The normalized spacial score (nSPS) is 21.9. The zero-order valence-electron chi connectivity index (χ0n) is 11.0. The highest BCUT2D eigenvalue weighted by atomic mass is 32.2. The fourth-order valence-corrected chi connectivity index (χ4v) is 3.36. The SMILES string of the molecule is O=S(=O)(NCC1CCCO1)c1ccc2c(c1)OCCO2. The Morgan fingerprint density at radius 3 is 2.70 bits per heavy atom. The van der Waals surface area contributed by atoms with Crippen molar-refractivity contribution in [3.8, 4) is 11.5 Å². The van der Waals surface area contributed by atoms with Gasteiger partial charge in [-0.05, 0) is 25.0 Å². The van der Waals surface area contributed by atoms with Gasteiger partial charge in [-0.25, -0.2) is 13.1 Å². The third-order valence-corrected chi connectivity index (χ3v) is 4.77. The molecule has 1 atom stereocenters. The van der Waals surface area contributed by atoms with Crippen LogP contribution in [0, 0.1) is 0 Å². The van der Waals surface area contributed by atoms with Gasteiger partial charge in [-0.15, -0.1) is 0 Å². The first kappa shape index (κ1) is 13.7. The van der Waals surface area contributed by atoms with E-state index in [1.807, 2.05) is 0 Å². The quantitative estimate of drug-likeness (QED) is 0.895. The molecule has 3 rings (SSSR count). The van der Waals surface area contributed by atoms with E-state index in [1.54, 1.807) is 6.07 Å². The van der Waals surface area contributed by atoms with Gasteiger partial charge in [0, 0.05) is 19.2 Å². The van der Waals surface area contributed by atoms with Crippen molar-refractivity contribution in [1.29, 1.82) is 0 Å². The zero-order valence-corrected chi connectivity index (χ0v) is 11.8. The van der Waals surface area contributed by atoms with Crippen molar-refractivity contribution in [1.82, 2.24) is 4.72 Å². The van der Waals surface area contributed by atoms with E-state index < -0.39 is 10.0 Å². The van der Waals surface area contributed by atoms with Crippen LogP contribution in [0.3, 0.4) is 0 Å². The molecule has 1 aromatic carbocycles. The standard InChI is InChI=1S/C13H17NO5S/c15-20(16,14-9-10-2-1-5-17-10)11-3-4-12-13(8-11)19-7-6-18-12/h3-4,8,10,14H,1-2,5-7,9H2. The summed E-state index contributed by atoms with van der Waals surface area (Å²) in [5.74, 6) is 1.05. The molecule has 6 nitrogen and oxygen atoms in total. The van der Waals surface area contributed by atoms with Crippen molar-refractivity contribution in [3.63, 3.8) is 0 Å². The Kier molecular flexibility index (Phi) is 3.82. The fourth-order valence-electron chi connectivity index (χ4n) is 2.28. The third kappa shape index (κ3) is 2.89. The van der Waals surface area contributed by atoms with Gasteiger partial charge in [0.15, 0.2) is 11.5 Å². The van der Waals surface area contributed by atoms with Crippen LogP contribution >= 0.6 is 0 Å². The number of hydrogen-bond acceptors (Lipinski definition) is 5. The van der Waals surface area contributed by atoms with Crippen LogP contribution in [0.1, 0.15) is 12.8 Å². The van der Waals surface area contributed by atoms with Crippen molar-refractivity contribution >= 4 is 10.0 Å². The van der Waals surface area contributed by atoms with Crippen molar-refractivity contribution in [2.45, 2.75) is 23.8 Å². The van der Waals surface area contributed by atoms with Crippen LogP contribution in [0.25, 0.3) is 0 Å². The average Bonchev–Trinajstić information content (AvgIpc) is 2.98. The van der Waals surface area contributed by atoms with E-state index >= 15 is 0 Å². The van der Waals surface area contributed by atoms with E-state index in [0.717, 1.165) is 12.8 Å². The molecule has 1 unspecified atom stereocenters. The van der Waals surface area contributed by atoms with E-state index in [4.69, 9.17) is 14.2 Å². The zero-order chi connectivity index (χ0) is 14.0. The number of rotatable bonds is 4. The van der Waals surface area contributed by atoms with Crippen LogP contribution in [0.15, 0.2) is 23.1 Å². The second-order valence-electron chi connectivity index (χ2n) is 4.79. The van der Waals surface area contributed by atoms with Gasteiger partial charge in [-0.3, -0.25) is 0 Å². The van der Waals surface area contributed by atoms with E-state index in [-0.39, 0.29) is 11.0 Å². The highest BCUT2D eigenvalue weighted by Gasteiger charge is 2.22. The number of fused-ring (bicyclic) bond motifs is 1. The molecule has 2 aliphatic heterocycles. The summed E-state index contributed by atoms with van der Waals surface area (Å²) >= 11 is 0. The molecule has 1 N–H and O–H groups in total. The molecule has 0 radical (unpaired) electrons. The maximum Gasteiger partial charge on any atom is 0.240 e. The third-order valence-electron chi connectivity index (χ3n) is 3.35. The number of hydrogen-bond donors (Lipinski definition) is 1. The molecule has 1 saturated heterocycles. The Labute approximate surface area is 118 Å². The lowest BCUT2D eigenvalue weighted by Gasteiger charge is -2.19. The van der Waals surface area contributed by atoms with Gasteiger partial charge in [-0.1, -0.05) is 0 Å². The summed E-state index contributed by atoms with van der Waals surface area (Å²) in [5.41, 5.74) is 0. The molecule has 20 heavy (non-hydrogen) atoms. The summed E-state index contributed by atoms with van der Waals surface area (Å²) in [5, 5.41) is 0. The Balaban J connectivity index is 1.73. The summed E-state index contributed by atoms with van der Waals surface area (Å²) in [4.78, 5) is 0.180. The van der Waals surface area contributed by atoms with Crippen LogP contribution < -0.4 is 14.2 Å². The summed E-state index contributed by atoms with van der Waals surface area (Å²) in [7, 11) is -3.55. The van der Waals surface area contributed by atoms with E-state index in [0.29, 0.717) is 37.9 Å². The van der Waals surface area contributed by atoms with E-state index in [1.165, 1.54) is 12.1 Å². The van der Waals surface area contributed by atoms with Crippen LogP contribution in [-0.2, 0) is 14.8 Å². The van der Waals surface area contributed by atoms with Gasteiger partial charge in [-0.2, -0.15) is 0 Å². The number of sulfonamides is 1. The minimum Gasteiger partial charge on any atom is -0.486 e. The van der Waals surface area contributed by atoms with Crippen molar-refractivity contribution < 1.29 is 22.6 Å². The lowest BCUT2D eigenvalue weighted by molar-refractivity contribution is 0.114. The maximum atomic E-state index is 12.2. The van der Waals surface area contributed by atoms with Gasteiger partial charge in [0.1, 0.15) is 13.2 Å². The Bertz CT molecular complexity index is 580. The molecule has 2 aliphatic rings. The monoisotopic (exact) mass is 299 g/mol. The van der Waals surface area contributed by atoms with E-state index in [2.05, 4.69) is 4.72 Å². The molecule has 0 aliphatic carbocycles. The Morgan fingerprint density at radius 2 is 1.95 bits per heavy atom. The lowest BCUT2D eigenvalue weighted by Crippen LogP contribution is -2.31. The van der Waals surface area contributed by atoms with Gasteiger partial charge in [0.25, 0.3) is 0 Å². The molecular weight excluding hydrogens is 282 g/mol. The first-order valence-electron chi connectivity index (χ1n) is 6.66. The van der Waals surface area contributed by atoms with E-state index in [9.17, 15) is 8.42 Å². The van der Waals surface area contributed by atoms with Crippen LogP contribution in [0.5, 0.6) is 11.5 Å². The molecule has 110 valence electrons. The van der Waals surface area contributed by atoms with Crippen molar-refractivity contribution in [3.05, 3.63) is 18.2 Å². The van der Waals surface area contributed by atoms with Crippen LogP contribution in [-0.4, -0.2) is 40.9 Å². The Hall–Kier alpha value is -1.31. The first-order chi connectivity index (χ1) is 9.65. The van der Waals surface area contributed by atoms with Crippen molar-refractivity contribution in [2.75, 3.05) is 26.4 Å². The number of nitrogens with one attached hydrogen (secondary N) is 1. The predicted molar refractivity (Wildman–Crippen MR) is 71.6 cm³/mol. The van der Waals surface area contributed by atoms with Gasteiger partial charge < -0.3 is 14.2 Å². The molecule has 0 amide bonds. The molecule has 7 heteroatoms. The molecule has 1 fully saturated rings. The topological polar surface area (TPSA) is 73.9 Å². The molecular formula is C13H17NO5S. The predicted octanol–water partition coefficient (Wildman–Crippen LogP) is 0.915. The molecule has 0 spiro atoms. The highest BCUT2D eigenvalue weighted by molar-refractivity contribution is 7.89. The molecule has 0 saturated carbocycles. The number of benzene rings is 1. The Morgan fingerprint density at radius 1 is 1.15 bits per heavy atom. The van der Waals surface area contributed by atoms with Gasteiger partial charge >= 0.3 is 0 Å². The van der Waals surface area contributed by atoms with Crippen molar-refractivity contribution in [2.24, 2.45) is 0 Å². The minimum atomic E-state index is -3.55. The first-order valence-corrected chi connectivity index (χ1v) is 8.14. The summed E-state index contributed by atoms with van der Waals surface area (Å²) in [6, 6.07) is 4.63. The fraction of sp³-hybridized carbons (Fsp3) is 0.538. The van der Waals surface area contributed by atoms with Crippen LogP contribution in [0.2, 0.25) is 0 Å². The second kappa shape index (κ2) is 5.59. The summed E-state index contributed by atoms with van der Waals surface area (Å²) < 4.78 is 43.2. The lowest BCUT2D eigenvalue weighted by atomic mass is 10.2. The average molecular weight is 299 g/mol.